The van der Waals surface area contributed by atoms with Crippen molar-refractivity contribution in [2.75, 3.05) is 18.0 Å². The van der Waals surface area contributed by atoms with Crippen molar-refractivity contribution in [1.29, 1.82) is 0 Å². The largest absolute Gasteiger partial charge is 0.470 e. The van der Waals surface area contributed by atoms with Crippen molar-refractivity contribution >= 4 is 17.5 Å². The molecule has 0 aliphatic carbocycles. The summed E-state index contributed by atoms with van der Waals surface area (Å²) in [5.41, 5.74) is 6.97. The molecule has 1 atom stereocenters. The number of hydrogen-bond donors (Lipinski definition) is 1. The van der Waals surface area contributed by atoms with Gasteiger partial charge in [-0.1, -0.05) is 0 Å². The van der Waals surface area contributed by atoms with E-state index in [0.717, 1.165) is 30.9 Å². The lowest BCUT2D eigenvalue weighted by Gasteiger charge is -2.15. The standard InChI is InChI=1S/C12H15N5OS/c13-10-3-6-17(7-10)11-12(16-19-15-11)18-8-9-1-4-14-5-2-9/h1-2,4-5,10H,3,6-8,13H2. The van der Waals surface area contributed by atoms with Crippen LogP contribution in [-0.4, -0.2) is 32.9 Å². The van der Waals surface area contributed by atoms with Crippen molar-refractivity contribution in [3.63, 3.8) is 0 Å². The summed E-state index contributed by atoms with van der Waals surface area (Å²) in [6, 6.07) is 4.06. The Morgan fingerprint density at radius 1 is 1.37 bits per heavy atom. The van der Waals surface area contributed by atoms with Crippen molar-refractivity contribution in [2.24, 2.45) is 5.73 Å². The summed E-state index contributed by atoms with van der Waals surface area (Å²) in [4.78, 5) is 6.11. The molecule has 0 bridgehead atoms. The highest BCUT2D eigenvalue weighted by atomic mass is 32.1. The van der Waals surface area contributed by atoms with Gasteiger partial charge in [0.05, 0.1) is 11.7 Å². The molecule has 0 amide bonds. The third kappa shape index (κ3) is 2.82. The summed E-state index contributed by atoms with van der Waals surface area (Å²) in [5, 5.41) is 0. The van der Waals surface area contributed by atoms with E-state index in [1.807, 2.05) is 12.1 Å². The first kappa shape index (κ1) is 12.3. The minimum atomic E-state index is 0.217. The molecular weight excluding hydrogens is 262 g/mol. The van der Waals surface area contributed by atoms with Crippen LogP contribution in [0.15, 0.2) is 24.5 Å². The van der Waals surface area contributed by atoms with Gasteiger partial charge in [0, 0.05) is 31.5 Å². The third-order valence-corrected chi connectivity index (χ3v) is 3.59. The van der Waals surface area contributed by atoms with E-state index in [2.05, 4.69) is 18.6 Å². The van der Waals surface area contributed by atoms with Gasteiger partial charge in [0.15, 0.2) is 0 Å². The van der Waals surface area contributed by atoms with Gasteiger partial charge < -0.3 is 15.4 Å². The number of pyridine rings is 1. The molecule has 0 aromatic carbocycles. The molecule has 2 aromatic rings. The highest BCUT2D eigenvalue weighted by Gasteiger charge is 2.24. The Morgan fingerprint density at radius 3 is 2.95 bits per heavy atom. The second kappa shape index (κ2) is 5.50. The number of ether oxygens (including phenoxy) is 1. The third-order valence-electron chi connectivity index (χ3n) is 3.09. The van der Waals surface area contributed by atoms with E-state index in [1.165, 1.54) is 11.7 Å². The van der Waals surface area contributed by atoms with E-state index < -0.39 is 0 Å². The number of nitrogens with zero attached hydrogens (tertiary/aromatic N) is 4. The van der Waals surface area contributed by atoms with E-state index in [9.17, 15) is 0 Å². The summed E-state index contributed by atoms with van der Waals surface area (Å²) in [6.45, 7) is 2.20. The lowest BCUT2D eigenvalue weighted by Crippen LogP contribution is -2.26. The van der Waals surface area contributed by atoms with Gasteiger partial charge in [0.25, 0.3) is 5.88 Å². The van der Waals surface area contributed by atoms with E-state index in [0.29, 0.717) is 12.5 Å². The van der Waals surface area contributed by atoms with Gasteiger partial charge in [0.2, 0.25) is 5.82 Å². The Labute approximate surface area is 115 Å². The van der Waals surface area contributed by atoms with Crippen LogP contribution in [0, 0.1) is 0 Å². The topological polar surface area (TPSA) is 77.2 Å². The number of nitrogens with two attached hydrogens (primary N) is 1. The van der Waals surface area contributed by atoms with Gasteiger partial charge in [0.1, 0.15) is 6.61 Å². The van der Waals surface area contributed by atoms with Crippen molar-refractivity contribution in [3.8, 4) is 5.88 Å². The van der Waals surface area contributed by atoms with Crippen molar-refractivity contribution in [2.45, 2.75) is 19.1 Å². The molecule has 1 aliphatic rings. The first-order valence-corrected chi connectivity index (χ1v) is 6.91. The van der Waals surface area contributed by atoms with Gasteiger partial charge >= 0.3 is 0 Å². The van der Waals surface area contributed by atoms with Gasteiger partial charge in [-0.05, 0) is 24.1 Å². The fourth-order valence-corrected chi connectivity index (χ4v) is 2.59. The zero-order chi connectivity index (χ0) is 13.1. The molecule has 6 nitrogen and oxygen atoms in total. The summed E-state index contributed by atoms with van der Waals surface area (Å²) in [5.74, 6) is 1.41. The van der Waals surface area contributed by atoms with Crippen molar-refractivity contribution < 1.29 is 4.74 Å². The SMILES string of the molecule is NC1CCN(c2nsnc2OCc2ccncc2)C1. The highest BCUT2D eigenvalue weighted by Crippen LogP contribution is 2.28. The van der Waals surface area contributed by atoms with E-state index in [-0.39, 0.29) is 6.04 Å². The molecule has 7 heteroatoms. The Bertz CT molecular complexity index is 532. The summed E-state index contributed by atoms with van der Waals surface area (Å²) >= 11 is 1.17. The van der Waals surface area contributed by atoms with Gasteiger partial charge in [-0.2, -0.15) is 4.37 Å². The minimum Gasteiger partial charge on any atom is -0.470 e. The smallest absolute Gasteiger partial charge is 0.271 e. The number of anilines is 1. The molecule has 3 heterocycles. The zero-order valence-electron chi connectivity index (χ0n) is 10.4. The molecular formula is C12H15N5OS. The Balaban J connectivity index is 1.67. The Hall–Kier alpha value is -1.73. The van der Waals surface area contributed by atoms with E-state index >= 15 is 0 Å². The number of hydrogen-bond acceptors (Lipinski definition) is 7. The second-order valence-electron chi connectivity index (χ2n) is 4.53. The van der Waals surface area contributed by atoms with Crippen molar-refractivity contribution in [1.82, 2.24) is 13.7 Å². The van der Waals surface area contributed by atoms with Crippen LogP contribution in [0.2, 0.25) is 0 Å². The molecule has 2 aromatic heterocycles. The molecule has 0 saturated carbocycles. The number of rotatable bonds is 4. The Morgan fingerprint density at radius 2 is 2.21 bits per heavy atom. The summed E-state index contributed by atoms with van der Waals surface area (Å²) in [6.07, 6.45) is 4.48. The van der Waals surface area contributed by atoms with Crippen LogP contribution in [-0.2, 0) is 6.61 Å². The number of aromatic nitrogens is 3. The quantitative estimate of drug-likeness (QED) is 0.900. The van der Waals surface area contributed by atoms with Crippen LogP contribution in [0.25, 0.3) is 0 Å². The van der Waals surface area contributed by atoms with Crippen molar-refractivity contribution in [3.05, 3.63) is 30.1 Å². The molecule has 0 radical (unpaired) electrons. The zero-order valence-corrected chi connectivity index (χ0v) is 11.2. The van der Waals surface area contributed by atoms with Gasteiger partial charge in [-0.25, -0.2) is 0 Å². The lowest BCUT2D eigenvalue weighted by molar-refractivity contribution is 0.297. The fourth-order valence-electron chi connectivity index (χ4n) is 2.07. The average molecular weight is 277 g/mol. The minimum absolute atomic E-state index is 0.217. The van der Waals surface area contributed by atoms with Gasteiger partial charge in [-0.15, -0.1) is 4.37 Å². The maximum Gasteiger partial charge on any atom is 0.271 e. The molecule has 1 saturated heterocycles. The summed E-state index contributed by atoms with van der Waals surface area (Å²) < 4.78 is 14.3. The normalized spacial score (nSPS) is 18.8. The Kier molecular flexibility index (Phi) is 3.56. The summed E-state index contributed by atoms with van der Waals surface area (Å²) in [7, 11) is 0. The fraction of sp³-hybridized carbons (Fsp3) is 0.417. The predicted octanol–water partition coefficient (Wildman–Crippen LogP) is 1.05. The maximum atomic E-state index is 5.91. The monoisotopic (exact) mass is 277 g/mol. The van der Waals surface area contributed by atoms with E-state index in [1.54, 1.807) is 12.4 Å². The molecule has 2 N–H and O–H groups in total. The average Bonchev–Trinajstić information content (AvgIpc) is 3.06. The highest BCUT2D eigenvalue weighted by molar-refractivity contribution is 6.99. The van der Waals surface area contributed by atoms with Gasteiger partial charge in [-0.3, -0.25) is 4.98 Å². The molecule has 1 aliphatic heterocycles. The predicted molar refractivity (Wildman–Crippen MR) is 73.3 cm³/mol. The van der Waals surface area contributed by atoms with Crippen LogP contribution < -0.4 is 15.4 Å². The molecule has 100 valence electrons. The van der Waals surface area contributed by atoms with Crippen LogP contribution >= 0.6 is 11.7 Å². The van der Waals surface area contributed by atoms with Crippen LogP contribution in [0.4, 0.5) is 5.82 Å². The van der Waals surface area contributed by atoms with E-state index in [4.69, 9.17) is 10.5 Å². The lowest BCUT2D eigenvalue weighted by atomic mass is 10.3. The van der Waals surface area contributed by atoms with Crippen LogP contribution in [0.3, 0.4) is 0 Å². The van der Waals surface area contributed by atoms with Crippen LogP contribution in [0.5, 0.6) is 5.88 Å². The molecule has 1 unspecified atom stereocenters. The molecule has 19 heavy (non-hydrogen) atoms. The first-order valence-electron chi connectivity index (χ1n) is 6.18. The first-order chi connectivity index (χ1) is 9.33. The van der Waals surface area contributed by atoms with Crippen LogP contribution in [0.1, 0.15) is 12.0 Å². The molecule has 3 rings (SSSR count). The molecule has 1 fully saturated rings. The second-order valence-corrected chi connectivity index (χ2v) is 5.06. The maximum absolute atomic E-state index is 5.91. The molecule has 0 spiro atoms.